The number of hydrogen-bond acceptors (Lipinski definition) is 3. The van der Waals surface area contributed by atoms with Gasteiger partial charge in [-0.1, -0.05) is 0 Å². The Morgan fingerprint density at radius 3 is 2.93 bits per heavy atom. The number of nitrogen functional groups attached to an aromatic ring is 1. The van der Waals surface area contributed by atoms with Crippen molar-refractivity contribution in [1.82, 2.24) is 0 Å². The lowest BCUT2D eigenvalue weighted by Crippen LogP contribution is -2.36. The van der Waals surface area contributed by atoms with Gasteiger partial charge in [0.25, 0.3) is 0 Å². The summed E-state index contributed by atoms with van der Waals surface area (Å²) in [5.74, 6) is -0.000582. The van der Waals surface area contributed by atoms with Gasteiger partial charge in [-0.05, 0) is 30.2 Å². The molecule has 2 N–H and O–H groups in total. The van der Waals surface area contributed by atoms with Crippen LogP contribution in [0.15, 0.2) is 18.2 Å². The van der Waals surface area contributed by atoms with Crippen molar-refractivity contribution >= 4 is 23.6 Å². The third-order valence-electron chi connectivity index (χ3n) is 2.56. The fourth-order valence-electron chi connectivity index (χ4n) is 1.85. The van der Waals surface area contributed by atoms with Crippen LogP contribution in [0.3, 0.4) is 0 Å². The third-order valence-corrected chi connectivity index (χ3v) is 2.56. The van der Waals surface area contributed by atoms with E-state index in [0.29, 0.717) is 18.5 Å². The van der Waals surface area contributed by atoms with Gasteiger partial charge in [0.1, 0.15) is 6.29 Å². The summed E-state index contributed by atoms with van der Waals surface area (Å²) in [6.45, 7) is 0.121. The van der Waals surface area contributed by atoms with Crippen molar-refractivity contribution in [1.29, 1.82) is 0 Å². The Morgan fingerprint density at radius 1 is 1.40 bits per heavy atom. The van der Waals surface area contributed by atoms with Gasteiger partial charge < -0.3 is 15.4 Å². The summed E-state index contributed by atoms with van der Waals surface area (Å²) in [7, 11) is 0. The molecular weight excluding hydrogens is 192 g/mol. The van der Waals surface area contributed by atoms with E-state index in [1.165, 1.54) is 4.90 Å². The Labute approximate surface area is 87.7 Å². The van der Waals surface area contributed by atoms with Crippen LogP contribution >= 0.6 is 0 Å². The minimum atomic E-state index is -0.000582. The zero-order valence-corrected chi connectivity index (χ0v) is 8.27. The summed E-state index contributed by atoms with van der Waals surface area (Å²) in [5.41, 5.74) is 8.20. The van der Waals surface area contributed by atoms with E-state index in [9.17, 15) is 9.59 Å². The van der Waals surface area contributed by atoms with Crippen molar-refractivity contribution in [2.24, 2.45) is 0 Å². The minimum Gasteiger partial charge on any atom is -0.399 e. The van der Waals surface area contributed by atoms with Crippen LogP contribution in [0.5, 0.6) is 0 Å². The number of hydrogen-bond donors (Lipinski definition) is 1. The quantitative estimate of drug-likeness (QED) is 0.571. The van der Waals surface area contributed by atoms with Crippen LogP contribution in [0.2, 0.25) is 0 Å². The molecule has 1 aliphatic rings. The molecule has 0 atom stereocenters. The highest BCUT2D eigenvalue weighted by Crippen LogP contribution is 2.28. The largest absolute Gasteiger partial charge is 0.399 e. The number of aldehydes is 1. The average Bonchev–Trinajstić information content (AvgIpc) is 2.22. The Bertz CT molecular complexity index is 415. The van der Waals surface area contributed by atoms with E-state index in [1.807, 2.05) is 6.07 Å². The van der Waals surface area contributed by atoms with E-state index in [2.05, 4.69) is 0 Å². The molecule has 1 aromatic carbocycles. The van der Waals surface area contributed by atoms with Crippen molar-refractivity contribution in [3.63, 3.8) is 0 Å². The molecule has 1 aliphatic heterocycles. The van der Waals surface area contributed by atoms with Crippen LogP contribution in [0.4, 0.5) is 11.4 Å². The van der Waals surface area contributed by atoms with E-state index >= 15 is 0 Å². The molecule has 0 aromatic heterocycles. The summed E-state index contributed by atoms with van der Waals surface area (Å²) in [6, 6.07) is 5.40. The van der Waals surface area contributed by atoms with E-state index < -0.39 is 0 Å². The zero-order chi connectivity index (χ0) is 10.8. The summed E-state index contributed by atoms with van der Waals surface area (Å²) >= 11 is 0. The second-order valence-corrected chi connectivity index (χ2v) is 3.56. The highest BCUT2D eigenvalue weighted by atomic mass is 16.2. The molecule has 0 aliphatic carbocycles. The van der Waals surface area contributed by atoms with Gasteiger partial charge >= 0.3 is 0 Å². The first kappa shape index (κ1) is 9.71. The molecule has 0 spiro atoms. The number of carbonyl (C=O) groups is 2. The standard InChI is InChI=1S/C11H12N2O2/c12-9-2-3-10-8(7-9)1-4-11(15)13(10)5-6-14/h2-3,6-7H,1,4-5,12H2. The number of fused-ring (bicyclic) bond motifs is 1. The molecule has 0 fully saturated rings. The molecule has 1 aromatic rings. The first-order valence-corrected chi connectivity index (χ1v) is 4.85. The number of nitrogens with zero attached hydrogens (tertiary/aromatic N) is 1. The number of anilines is 2. The topological polar surface area (TPSA) is 63.4 Å². The summed E-state index contributed by atoms with van der Waals surface area (Å²) in [5, 5.41) is 0. The normalized spacial score (nSPS) is 14.9. The van der Waals surface area contributed by atoms with Gasteiger partial charge in [-0.3, -0.25) is 4.79 Å². The molecule has 0 bridgehead atoms. The maximum absolute atomic E-state index is 11.6. The number of benzene rings is 1. The van der Waals surface area contributed by atoms with Gasteiger partial charge in [0.2, 0.25) is 5.91 Å². The molecule has 0 unspecified atom stereocenters. The van der Waals surface area contributed by atoms with Crippen LogP contribution in [0, 0.1) is 0 Å². The van der Waals surface area contributed by atoms with E-state index in [0.717, 1.165) is 17.5 Å². The fraction of sp³-hybridized carbons (Fsp3) is 0.273. The number of aryl methyl sites for hydroxylation is 1. The van der Waals surface area contributed by atoms with Crippen molar-refractivity contribution < 1.29 is 9.59 Å². The predicted molar refractivity (Wildman–Crippen MR) is 57.6 cm³/mol. The number of nitrogens with two attached hydrogens (primary N) is 1. The molecule has 1 amide bonds. The SMILES string of the molecule is Nc1ccc2c(c1)CCC(=O)N2CC=O. The van der Waals surface area contributed by atoms with Crippen molar-refractivity contribution in [2.45, 2.75) is 12.8 Å². The van der Waals surface area contributed by atoms with Crippen LogP contribution in [-0.2, 0) is 16.0 Å². The van der Waals surface area contributed by atoms with Crippen molar-refractivity contribution in [3.8, 4) is 0 Å². The van der Waals surface area contributed by atoms with Gasteiger partial charge in [0.05, 0.1) is 6.54 Å². The molecule has 78 valence electrons. The van der Waals surface area contributed by atoms with Crippen LogP contribution in [-0.4, -0.2) is 18.7 Å². The lowest BCUT2D eigenvalue weighted by atomic mass is 10.0. The van der Waals surface area contributed by atoms with E-state index in [1.54, 1.807) is 12.1 Å². The second-order valence-electron chi connectivity index (χ2n) is 3.56. The maximum Gasteiger partial charge on any atom is 0.227 e. The predicted octanol–water partition coefficient (Wildman–Crippen LogP) is 0.747. The highest BCUT2D eigenvalue weighted by molar-refractivity contribution is 5.98. The fourth-order valence-corrected chi connectivity index (χ4v) is 1.85. The van der Waals surface area contributed by atoms with E-state index in [4.69, 9.17) is 5.73 Å². The molecule has 0 saturated carbocycles. The molecule has 4 nitrogen and oxygen atoms in total. The Kier molecular flexibility index (Phi) is 2.41. The lowest BCUT2D eigenvalue weighted by molar-refractivity contribution is -0.120. The molecule has 0 saturated heterocycles. The Balaban J connectivity index is 2.43. The number of rotatable bonds is 2. The van der Waals surface area contributed by atoms with E-state index in [-0.39, 0.29) is 12.5 Å². The number of carbonyl (C=O) groups excluding carboxylic acids is 2. The molecule has 2 rings (SSSR count). The maximum atomic E-state index is 11.6. The van der Waals surface area contributed by atoms with Gasteiger partial charge in [0, 0.05) is 17.8 Å². The third kappa shape index (κ3) is 1.70. The lowest BCUT2D eigenvalue weighted by Gasteiger charge is -2.27. The van der Waals surface area contributed by atoms with Gasteiger partial charge in [-0.2, -0.15) is 0 Å². The van der Waals surface area contributed by atoms with Crippen LogP contribution in [0.1, 0.15) is 12.0 Å². The first-order valence-electron chi connectivity index (χ1n) is 4.85. The minimum absolute atomic E-state index is 0.000582. The molecule has 0 radical (unpaired) electrons. The smallest absolute Gasteiger partial charge is 0.227 e. The molecule has 4 heteroatoms. The average molecular weight is 204 g/mol. The molecule has 1 heterocycles. The van der Waals surface area contributed by atoms with Crippen molar-refractivity contribution in [2.75, 3.05) is 17.2 Å². The number of amides is 1. The zero-order valence-electron chi connectivity index (χ0n) is 8.27. The summed E-state index contributed by atoms with van der Waals surface area (Å²) < 4.78 is 0. The van der Waals surface area contributed by atoms with Gasteiger partial charge in [0.15, 0.2) is 0 Å². The van der Waals surface area contributed by atoms with Crippen LogP contribution in [0.25, 0.3) is 0 Å². The second kappa shape index (κ2) is 3.73. The molecule has 15 heavy (non-hydrogen) atoms. The van der Waals surface area contributed by atoms with Gasteiger partial charge in [-0.25, -0.2) is 0 Å². The Hall–Kier alpha value is -1.84. The highest BCUT2D eigenvalue weighted by Gasteiger charge is 2.23. The van der Waals surface area contributed by atoms with Crippen molar-refractivity contribution in [3.05, 3.63) is 23.8 Å². The van der Waals surface area contributed by atoms with Crippen LogP contribution < -0.4 is 10.6 Å². The van der Waals surface area contributed by atoms with Gasteiger partial charge in [-0.15, -0.1) is 0 Å². The molecular formula is C11H12N2O2. The Morgan fingerprint density at radius 2 is 2.20 bits per heavy atom. The monoisotopic (exact) mass is 204 g/mol. The summed E-state index contributed by atoms with van der Waals surface area (Å²) in [6.07, 6.45) is 1.89. The summed E-state index contributed by atoms with van der Waals surface area (Å²) in [4.78, 5) is 23.5. The first-order chi connectivity index (χ1) is 7.22.